The van der Waals surface area contributed by atoms with Crippen LogP contribution in [0.4, 0.5) is 5.69 Å². The Labute approximate surface area is 134 Å². The molecule has 0 amide bonds. The van der Waals surface area contributed by atoms with Gasteiger partial charge in [0.1, 0.15) is 11.5 Å². The number of aliphatic imine (C=N–C) groups is 1. The summed E-state index contributed by atoms with van der Waals surface area (Å²) in [7, 11) is 0. The number of hydrogen-bond donors (Lipinski definition) is 3. The van der Waals surface area contributed by atoms with Gasteiger partial charge in [0.2, 0.25) is 0 Å². The number of nitrogens with zero attached hydrogens (tertiary/aromatic N) is 1. The lowest BCUT2D eigenvalue weighted by atomic mass is 10.1. The third-order valence-corrected chi connectivity index (χ3v) is 3.37. The second kappa shape index (κ2) is 7.13. The van der Waals surface area contributed by atoms with Crippen LogP contribution in [0, 0.1) is 5.41 Å². The van der Waals surface area contributed by atoms with Crippen LogP contribution < -0.4 is 5.73 Å². The molecule has 0 saturated carbocycles. The molecule has 1 aliphatic rings. The molecule has 6 heteroatoms. The van der Waals surface area contributed by atoms with Crippen molar-refractivity contribution in [3.8, 4) is 5.75 Å². The minimum atomic E-state index is -0.00122. The molecule has 1 aliphatic carbocycles. The summed E-state index contributed by atoms with van der Waals surface area (Å²) in [6, 6.07) is 4.64. The fourth-order valence-corrected chi connectivity index (χ4v) is 2.01. The van der Waals surface area contributed by atoms with Gasteiger partial charge in [0.05, 0.1) is 34.4 Å². The summed E-state index contributed by atoms with van der Waals surface area (Å²) in [6.07, 6.45) is 5.10. The maximum atomic E-state index is 9.42. The molecule has 2 rings (SSSR count). The number of aromatic hydroxyl groups is 1. The van der Waals surface area contributed by atoms with Gasteiger partial charge < -0.3 is 15.6 Å². The van der Waals surface area contributed by atoms with E-state index in [2.05, 4.69) is 11.9 Å². The van der Waals surface area contributed by atoms with Gasteiger partial charge in [-0.3, -0.25) is 5.41 Å². The normalized spacial score (nSPS) is 16.5. The van der Waals surface area contributed by atoms with Crippen LogP contribution >= 0.6 is 11.6 Å². The maximum Gasteiger partial charge on any atom is 0.146 e. The van der Waals surface area contributed by atoms with Crippen LogP contribution in [0.3, 0.4) is 0 Å². The summed E-state index contributed by atoms with van der Waals surface area (Å²) in [6.45, 7) is 2.63. The molecular formula is C16H18ClN3O2. The molecule has 1 aromatic rings. The average molecular weight is 320 g/mol. The topological polar surface area (TPSA) is 91.7 Å². The standard InChI is InChI=1S/C16H18ClN3O2/c1-2-3-6-22-16-9-14(12(18)8-13(16)19)20-10-4-5-15(21)11(17)7-10/h4-5,7-9,19,21H,2-3,6,18H2,1H3. The number of allylic oxidation sites excluding steroid dienone is 2. The van der Waals surface area contributed by atoms with E-state index in [1.165, 1.54) is 12.1 Å². The van der Waals surface area contributed by atoms with Crippen molar-refractivity contribution in [2.24, 2.45) is 10.7 Å². The van der Waals surface area contributed by atoms with Gasteiger partial charge in [0.25, 0.3) is 0 Å². The van der Waals surface area contributed by atoms with Crippen molar-refractivity contribution in [2.75, 3.05) is 6.61 Å². The number of benzene rings is 1. The Morgan fingerprint density at radius 3 is 2.82 bits per heavy atom. The molecule has 0 atom stereocenters. The fourth-order valence-electron chi connectivity index (χ4n) is 1.83. The van der Waals surface area contributed by atoms with Crippen LogP contribution in [-0.4, -0.2) is 23.1 Å². The SMILES string of the molecule is CCCCOC1=CC(=Nc2ccc(O)c(Cl)c2)C(N)=CC1=N. The Balaban J connectivity index is 2.26. The van der Waals surface area contributed by atoms with Gasteiger partial charge in [-0.1, -0.05) is 24.9 Å². The van der Waals surface area contributed by atoms with Gasteiger partial charge in [-0.05, 0) is 30.7 Å². The summed E-state index contributed by atoms with van der Waals surface area (Å²) >= 11 is 5.86. The smallest absolute Gasteiger partial charge is 0.146 e. The van der Waals surface area contributed by atoms with Gasteiger partial charge in [-0.15, -0.1) is 0 Å². The van der Waals surface area contributed by atoms with Crippen LogP contribution in [0.1, 0.15) is 19.8 Å². The number of phenolic OH excluding ortho intramolecular Hbond substituents is 1. The average Bonchev–Trinajstić information content (AvgIpc) is 2.47. The van der Waals surface area contributed by atoms with Crippen molar-refractivity contribution < 1.29 is 9.84 Å². The number of halogens is 1. The quantitative estimate of drug-likeness (QED) is 0.571. The van der Waals surface area contributed by atoms with Gasteiger partial charge in [-0.2, -0.15) is 0 Å². The van der Waals surface area contributed by atoms with Crippen molar-refractivity contribution in [3.05, 3.63) is 46.8 Å². The Morgan fingerprint density at radius 1 is 1.36 bits per heavy atom. The van der Waals surface area contributed by atoms with Crippen LogP contribution in [-0.2, 0) is 4.74 Å². The van der Waals surface area contributed by atoms with Crippen LogP contribution in [0.25, 0.3) is 0 Å². The Kier molecular flexibility index (Phi) is 5.22. The predicted molar refractivity (Wildman–Crippen MR) is 89.2 cm³/mol. The molecule has 0 bridgehead atoms. The van der Waals surface area contributed by atoms with Crippen LogP contribution in [0.2, 0.25) is 5.02 Å². The number of nitrogens with one attached hydrogen (secondary N) is 1. The van der Waals surface area contributed by atoms with E-state index in [-0.39, 0.29) is 16.5 Å². The summed E-state index contributed by atoms with van der Waals surface area (Å²) in [5, 5.41) is 17.5. The number of ether oxygens (including phenoxy) is 1. The molecule has 0 radical (unpaired) electrons. The van der Waals surface area contributed by atoms with E-state index in [0.717, 1.165) is 12.8 Å². The second-order valence-corrected chi connectivity index (χ2v) is 5.26. The third-order valence-electron chi connectivity index (χ3n) is 3.07. The highest BCUT2D eigenvalue weighted by Gasteiger charge is 2.15. The first-order chi connectivity index (χ1) is 10.5. The highest BCUT2D eigenvalue weighted by Crippen LogP contribution is 2.28. The minimum absolute atomic E-state index is 0.00122. The highest BCUT2D eigenvalue weighted by atomic mass is 35.5. The lowest BCUT2D eigenvalue weighted by Crippen LogP contribution is -2.19. The van der Waals surface area contributed by atoms with E-state index in [1.54, 1.807) is 18.2 Å². The van der Waals surface area contributed by atoms with Gasteiger partial charge >= 0.3 is 0 Å². The van der Waals surface area contributed by atoms with E-state index in [9.17, 15) is 5.11 Å². The van der Waals surface area contributed by atoms with Gasteiger partial charge in [0.15, 0.2) is 0 Å². The molecule has 116 valence electrons. The van der Waals surface area contributed by atoms with Crippen molar-refractivity contribution in [1.82, 2.24) is 0 Å². The first-order valence-corrected chi connectivity index (χ1v) is 7.37. The molecule has 0 spiro atoms. The number of unbranched alkanes of at least 4 members (excludes halogenated alkanes) is 1. The van der Waals surface area contributed by atoms with E-state index in [1.807, 2.05) is 0 Å². The van der Waals surface area contributed by atoms with Crippen molar-refractivity contribution in [2.45, 2.75) is 19.8 Å². The Bertz CT molecular complexity index is 678. The van der Waals surface area contributed by atoms with E-state index >= 15 is 0 Å². The zero-order valence-electron chi connectivity index (χ0n) is 12.3. The first kappa shape index (κ1) is 16.1. The second-order valence-electron chi connectivity index (χ2n) is 4.86. The largest absolute Gasteiger partial charge is 0.506 e. The van der Waals surface area contributed by atoms with Crippen molar-refractivity contribution >= 4 is 28.7 Å². The third kappa shape index (κ3) is 3.89. The molecule has 4 N–H and O–H groups in total. The molecule has 0 aromatic heterocycles. The predicted octanol–water partition coefficient (Wildman–Crippen LogP) is 3.69. The Morgan fingerprint density at radius 2 is 2.14 bits per heavy atom. The molecule has 0 aliphatic heterocycles. The zero-order valence-corrected chi connectivity index (χ0v) is 13.0. The Hall–Kier alpha value is -2.27. The molecule has 0 heterocycles. The van der Waals surface area contributed by atoms with Crippen LogP contribution in [0.15, 0.2) is 46.8 Å². The summed E-state index contributed by atoms with van der Waals surface area (Å²) in [4.78, 5) is 4.39. The lowest BCUT2D eigenvalue weighted by Gasteiger charge is -2.15. The van der Waals surface area contributed by atoms with Crippen molar-refractivity contribution in [1.29, 1.82) is 5.41 Å². The highest BCUT2D eigenvalue weighted by molar-refractivity contribution is 6.32. The maximum absolute atomic E-state index is 9.42. The lowest BCUT2D eigenvalue weighted by molar-refractivity contribution is 0.226. The monoisotopic (exact) mass is 319 g/mol. The molecule has 0 unspecified atom stereocenters. The summed E-state index contributed by atoms with van der Waals surface area (Å²) in [5.74, 6) is 0.449. The van der Waals surface area contributed by atoms with Gasteiger partial charge in [0, 0.05) is 6.08 Å². The molecule has 5 nitrogen and oxygen atoms in total. The minimum Gasteiger partial charge on any atom is -0.506 e. The summed E-state index contributed by atoms with van der Waals surface area (Å²) < 4.78 is 5.58. The number of phenols is 1. The molecule has 0 fully saturated rings. The van der Waals surface area contributed by atoms with E-state index in [0.29, 0.717) is 29.5 Å². The molecule has 22 heavy (non-hydrogen) atoms. The van der Waals surface area contributed by atoms with Crippen LogP contribution in [0.5, 0.6) is 5.75 Å². The zero-order chi connectivity index (χ0) is 16.1. The molecule has 1 aromatic carbocycles. The van der Waals surface area contributed by atoms with E-state index in [4.69, 9.17) is 27.5 Å². The summed E-state index contributed by atoms with van der Waals surface area (Å²) in [5.41, 5.74) is 7.59. The molecule has 0 saturated heterocycles. The number of nitrogens with two attached hydrogens (primary N) is 1. The van der Waals surface area contributed by atoms with E-state index < -0.39 is 0 Å². The first-order valence-electron chi connectivity index (χ1n) is 6.99. The van der Waals surface area contributed by atoms with Crippen molar-refractivity contribution in [3.63, 3.8) is 0 Å². The van der Waals surface area contributed by atoms with Gasteiger partial charge in [-0.25, -0.2) is 4.99 Å². The fraction of sp³-hybridized carbons (Fsp3) is 0.250. The number of hydrogen-bond acceptors (Lipinski definition) is 5. The number of rotatable bonds is 5. The molecular weight excluding hydrogens is 302 g/mol.